The summed E-state index contributed by atoms with van der Waals surface area (Å²) in [5, 5.41) is 10.7. The molecule has 4 heterocycles. The van der Waals surface area contributed by atoms with Crippen molar-refractivity contribution in [2.75, 3.05) is 18.4 Å². The van der Waals surface area contributed by atoms with Gasteiger partial charge in [-0.1, -0.05) is 6.92 Å². The molecule has 1 saturated carbocycles. The number of aromatic nitrogens is 5. The lowest BCUT2D eigenvalue weighted by atomic mass is 9.89. The van der Waals surface area contributed by atoms with Crippen LogP contribution in [-0.4, -0.2) is 55.1 Å². The second-order valence-corrected chi connectivity index (χ2v) is 8.74. The number of pyridine rings is 1. The van der Waals surface area contributed by atoms with Crippen molar-refractivity contribution < 1.29 is 4.79 Å². The van der Waals surface area contributed by atoms with Gasteiger partial charge in [-0.3, -0.25) is 14.9 Å². The van der Waals surface area contributed by atoms with Gasteiger partial charge in [0.1, 0.15) is 0 Å². The Morgan fingerprint density at radius 2 is 1.94 bits per heavy atom. The summed E-state index contributed by atoms with van der Waals surface area (Å²) in [4.78, 5) is 28.7. The number of aryl methyl sites for hydroxylation is 1. The zero-order chi connectivity index (χ0) is 22.1. The fourth-order valence-corrected chi connectivity index (χ4v) is 4.43. The van der Waals surface area contributed by atoms with Crippen LogP contribution >= 0.6 is 0 Å². The van der Waals surface area contributed by atoms with Crippen molar-refractivity contribution in [3.63, 3.8) is 0 Å². The Morgan fingerprint density at radius 1 is 1.19 bits per heavy atom. The summed E-state index contributed by atoms with van der Waals surface area (Å²) in [6.07, 6.45) is 10.5. The van der Waals surface area contributed by atoms with Gasteiger partial charge in [0.15, 0.2) is 5.69 Å². The minimum absolute atomic E-state index is 0.0185. The molecule has 166 valence electrons. The highest BCUT2D eigenvalue weighted by Crippen LogP contribution is 2.35. The lowest BCUT2D eigenvalue weighted by molar-refractivity contribution is 0.0705. The van der Waals surface area contributed by atoms with Crippen LogP contribution in [0.3, 0.4) is 0 Å². The van der Waals surface area contributed by atoms with Gasteiger partial charge in [0.05, 0.1) is 5.69 Å². The highest BCUT2D eigenvalue weighted by Gasteiger charge is 2.30. The number of amides is 1. The van der Waals surface area contributed by atoms with E-state index in [9.17, 15) is 4.79 Å². The molecule has 2 aliphatic rings. The molecular weight excluding hydrogens is 402 g/mol. The van der Waals surface area contributed by atoms with Gasteiger partial charge in [0.25, 0.3) is 5.91 Å². The first-order valence-corrected chi connectivity index (χ1v) is 11.5. The molecule has 0 spiro atoms. The van der Waals surface area contributed by atoms with Crippen LogP contribution in [0.15, 0.2) is 30.7 Å². The molecule has 32 heavy (non-hydrogen) atoms. The molecule has 2 N–H and O–H groups in total. The van der Waals surface area contributed by atoms with Crippen LogP contribution in [0.5, 0.6) is 0 Å². The van der Waals surface area contributed by atoms with Crippen LogP contribution in [0.4, 0.5) is 5.95 Å². The van der Waals surface area contributed by atoms with Gasteiger partial charge in [0, 0.05) is 60.5 Å². The summed E-state index contributed by atoms with van der Waals surface area (Å²) in [7, 11) is 0. The number of nitrogens with one attached hydrogen (secondary N) is 2. The molecule has 1 aliphatic carbocycles. The van der Waals surface area contributed by atoms with Gasteiger partial charge in [-0.2, -0.15) is 5.10 Å². The first-order valence-electron chi connectivity index (χ1n) is 11.5. The van der Waals surface area contributed by atoms with Gasteiger partial charge in [-0.05, 0) is 56.7 Å². The molecule has 1 aliphatic heterocycles. The summed E-state index contributed by atoms with van der Waals surface area (Å²) in [5.41, 5.74) is 5.73. The molecule has 2 fully saturated rings. The normalized spacial score (nSPS) is 16.9. The molecule has 8 nitrogen and oxygen atoms in total. The maximum atomic E-state index is 13.1. The monoisotopic (exact) mass is 431 g/mol. The molecule has 0 aromatic carbocycles. The van der Waals surface area contributed by atoms with Gasteiger partial charge < -0.3 is 10.2 Å². The van der Waals surface area contributed by atoms with E-state index in [1.165, 1.54) is 12.8 Å². The van der Waals surface area contributed by atoms with Crippen LogP contribution in [0.2, 0.25) is 0 Å². The summed E-state index contributed by atoms with van der Waals surface area (Å²) >= 11 is 0. The van der Waals surface area contributed by atoms with E-state index >= 15 is 0 Å². The van der Waals surface area contributed by atoms with Crippen molar-refractivity contribution in [1.29, 1.82) is 0 Å². The molecule has 8 heteroatoms. The van der Waals surface area contributed by atoms with Crippen molar-refractivity contribution in [3.05, 3.63) is 53.4 Å². The Morgan fingerprint density at radius 3 is 2.59 bits per heavy atom. The number of piperidine rings is 1. The number of anilines is 1. The maximum absolute atomic E-state index is 13.1. The number of carbonyl (C=O) groups excluding carboxylic acids is 1. The molecule has 3 aromatic rings. The smallest absolute Gasteiger partial charge is 0.274 e. The fourth-order valence-electron chi connectivity index (χ4n) is 4.43. The van der Waals surface area contributed by atoms with Crippen LogP contribution in [0.1, 0.15) is 66.0 Å². The predicted molar refractivity (Wildman–Crippen MR) is 122 cm³/mol. The number of carbonyl (C=O) groups is 1. The Hall–Kier alpha value is -3.29. The van der Waals surface area contributed by atoms with Crippen molar-refractivity contribution >= 4 is 11.9 Å². The molecule has 1 amide bonds. The van der Waals surface area contributed by atoms with Crippen molar-refractivity contribution in [3.8, 4) is 11.1 Å². The quantitative estimate of drug-likeness (QED) is 0.617. The zero-order valence-corrected chi connectivity index (χ0v) is 18.6. The Balaban J connectivity index is 1.36. The number of nitrogens with zero attached hydrogens (tertiary/aromatic N) is 5. The largest absolute Gasteiger partial charge is 0.351 e. The number of aromatic amines is 1. The lowest BCUT2D eigenvalue weighted by Crippen LogP contribution is -2.38. The van der Waals surface area contributed by atoms with E-state index in [2.05, 4.69) is 32.4 Å². The predicted octanol–water partition coefficient (Wildman–Crippen LogP) is 3.73. The van der Waals surface area contributed by atoms with Crippen LogP contribution in [0.25, 0.3) is 11.1 Å². The van der Waals surface area contributed by atoms with Crippen LogP contribution < -0.4 is 5.32 Å². The van der Waals surface area contributed by atoms with Gasteiger partial charge in [-0.15, -0.1) is 0 Å². The molecule has 0 unspecified atom stereocenters. The van der Waals surface area contributed by atoms with Crippen LogP contribution in [-0.2, 0) is 6.42 Å². The van der Waals surface area contributed by atoms with E-state index in [1.807, 2.05) is 30.2 Å². The number of H-pyrrole nitrogens is 1. The highest BCUT2D eigenvalue weighted by atomic mass is 16.2. The van der Waals surface area contributed by atoms with E-state index < -0.39 is 0 Å². The Kier molecular flexibility index (Phi) is 5.59. The van der Waals surface area contributed by atoms with Crippen molar-refractivity contribution in [2.24, 2.45) is 0 Å². The second kappa shape index (κ2) is 8.68. The van der Waals surface area contributed by atoms with Gasteiger partial charge in [0.2, 0.25) is 5.95 Å². The SMILES string of the molecule is CCc1[nH]nc(C(=O)N2CCC(c3nc(NC4CC4)ncc3-c3ccncc3)CC2)c1C. The number of likely N-dealkylation sites (tertiary alicyclic amines) is 1. The first kappa shape index (κ1) is 20.6. The highest BCUT2D eigenvalue weighted by molar-refractivity contribution is 5.94. The van der Waals surface area contributed by atoms with Gasteiger partial charge >= 0.3 is 0 Å². The van der Waals surface area contributed by atoms with Crippen molar-refractivity contribution in [1.82, 2.24) is 30.0 Å². The Labute approximate surface area is 187 Å². The molecule has 1 saturated heterocycles. The van der Waals surface area contributed by atoms with E-state index in [4.69, 9.17) is 4.98 Å². The average Bonchev–Trinajstić information content (AvgIpc) is 3.58. The summed E-state index contributed by atoms with van der Waals surface area (Å²) in [6, 6.07) is 4.50. The molecular formula is C24H29N7O. The zero-order valence-electron chi connectivity index (χ0n) is 18.6. The number of rotatable bonds is 6. The standard InChI is InChI=1S/C24H29N7O/c1-3-20-15(2)21(30-29-20)23(32)31-12-8-17(9-13-31)22-19(16-6-10-25-11-7-16)14-26-24(28-22)27-18-4-5-18/h6-7,10-11,14,17-18H,3-5,8-9,12-13H2,1-2H3,(H,29,30)(H,26,27,28). The molecule has 0 radical (unpaired) electrons. The molecule has 5 rings (SSSR count). The van der Waals surface area contributed by atoms with Crippen LogP contribution in [0, 0.1) is 6.92 Å². The minimum Gasteiger partial charge on any atom is -0.351 e. The minimum atomic E-state index is 0.0185. The first-order chi connectivity index (χ1) is 15.6. The van der Waals surface area contributed by atoms with E-state index in [1.54, 1.807) is 12.4 Å². The van der Waals surface area contributed by atoms with E-state index in [-0.39, 0.29) is 11.8 Å². The number of hydrogen-bond acceptors (Lipinski definition) is 6. The number of hydrogen-bond donors (Lipinski definition) is 2. The third-order valence-corrected chi connectivity index (χ3v) is 6.56. The fraction of sp³-hybridized carbons (Fsp3) is 0.458. The summed E-state index contributed by atoms with van der Waals surface area (Å²) in [5.74, 6) is 1.000. The lowest BCUT2D eigenvalue weighted by Gasteiger charge is -2.32. The van der Waals surface area contributed by atoms with E-state index in [0.717, 1.165) is 47.3 Å². The molecule has 0 bridgehead atoms. The maximum Gasteiger partial charge on any atom is 0.274 e. The third kappa shape index (κ3) is 4.09. The Bertz CT molecular complexity index is 1100. The average molecular weight is 432 g/mol. The topological polar surface area (TPSA) is 99.7 Å². The third-order valence-electron chi connectivity index (χ3n) is 6.56. The second-order valence-electron chi connectivity index (χ2n) is 8.74. The van der Waals surface area contributed by atoms with Gasteiger partial charge in [-0.25, -0.2) is 9.97 Å². The van der Waals surface area contributed by atoms with E-state index in [0.29, 0.717) is 30.8 Å². The molecule has 0 atom stereocenters. The summed E-state index contributed by atoms with van der Waals surface area (Å²) in [6.45, 7) is 5.43. The molecule has 3 aromatic heterocycles. The van der Waals surface area contributed by atoms with Crippen molar-refractivity contribution in [2.45, 2.75) is 57.9 Å². The summed E-state index contributed by atoms with van der Waals surface area (Å²) < 4.78 is 0.